The van der Waals surface area contributed by atoms with Crippen molar-refractivity contribution in [1.82, 2.24) is 14.7 Å². The summed E-state index contributed by atoms with van der Waals surface area (Å²) in [7, 11) is 1.82. The highest BCUT2D eigenvalue weighted by Crippen LogP contribution is 2.26. The number of piperidine rings is 1. The third kappa shape index (κ3) is 3.61. The van der Waals surface area contributed by atoms with E-state index in [1.807, 2.05) is 32.0 Å². The summed E-state index contributed by atoms with van der Waals surface area (Å²) >= 11 is 0. The van der Waals surface area contributed by atoms with Crippen LogP contribution in [0.15, 0.2) is 12.4 Å². The van der Waals surface area contributed by atoms with Gasteiger partial charge in [-0.15, -0.1) is 0 Å². The highest BCUT2D eigenvalue weighted by Gasteiger charge is 2.36. The standard InChI is InChI=1S/C17H26N4O3/c1-17(2)12-20(7-4-8-24-17)16(23)13-5-6-15(22)21(10-13)14-9-18-19(3)11-14/h9,11,13H,4-8,10,12H2,1-3H3. The van der Waals surface area contributed by atoms with E-state index in [2.05, 4.69) is 5.10 Å². The Morgan fingerprint density at radius 1 is 1.42 bits per heavy atom. The molecular weight excluding hydrogens is 308 g/mol. The molecule has 2 saturated heterocycles. The molecule has 0 aliphatic carbocycles. The molecule has 1 aromatic rings. The molecule has 7 heteroatoms. The molecule has 0 saturated carbocycles. The van der Waals surface area contributed by atoms with E-state index < -0.39 is 0 Å². The molecule has 1 unspecified atom stereocenters. The quantitative estimate of drug-likeness (QED) is 0.815. The van der Waals surface area contributed by atoms with E-state index in [1.165, 1.54) is 0 Å². The molecule has 7 nitrogen and oxygen atoms in total. The van der Waals surface area contributed by atoms with Gasteiger partial charge in [-0.2, -0.15) is 5.10 Å². The van der Waals surface area contributed by atoms with E-state index in [0.717, 1.165) is 18.7 Å². The molecule has 3 heterocycles. The van der Waals surface area contributed by atoms with Crippen LogP contribution < -0.4 is 4.90 Å². The lowest BCUT2D eigenvalue weighted by atomic mass is 9.95. The minimum atomic E-state index is -0.320. The van der Waals surface area contributed by atoms with Crippen molar-refractivity contribution in [3.63, 3.8) is 0 Å². The van der Waals surface area contributed by atoms with Crippen molar-refractivity contribution in [3.05, 3.63) is 12.4 Å². The molecule has 0 bridgehead atoms. The zero-order valence-corrected chi connectivity index (χ0v) is 14.7. The molecule has 2 aliphatic heterocycles. The number of aromatic nitrogens is 2. The highest BCUT2D eigenvalue weighted by atomic mass is 16.5. The number of nitrogens with zero attached hydrogens (tertiary/aromatic N) is 4. The lowest BCUT2D eigenvalue weighted by Crippen LogP contribution is -2.49. The van der Waals surface area contributed by atoms with Crippen LogP contribution in [0.25, 0.3) is 0 Å². The Balaban J connectivity index is 1.72. The molecule has 3 rings (SSSR count). The number of amides is 2. The number of anilines is 1. The number of hydrogen-bond acceptors (Lipinski definition) is 4. The maximum atomic E-state index is 13.0. The number of hydrogen-bond donors (Lipinski definition) is 0. The predicted octanol–water partition coefficient (Wildman–Crippen LogP) is 1.19. The Kier molecular flexibility index (Phi) is 4.62. The summed E-state index contributed by atoms with van der Waals surface area (Å²) in [6, 6.07) is 0. The molecule has 132 valence electrons. The number of aryl methyl sites for hydroxylation is 1. The van der Waals surface area contributed by atoms with Crippen molar-refractivity contribution in [3.8, 4) is 0 Å². The van der Waals surface area contributed by atoms with Crippen molar-refractivity contribution >= 4 is 17.5 Å². The van der Waals surface area contributed by atoms with Gasteiger partial charge in [0.05, 0.1) is 23.4 Å². The van der Waals surface area contributed by atoms with Gasteiger partial charge in [0.1, 0.15) is 0 Å². The largest absolute Gasteiger partial charge is 0.374 e. The van der Waals surface area contributed by atoms with E-state index in [-0.39, 0.29) is 23.3 Å². The first-order valence-electron chi connectivity index (χ1n) is 8.57. The van der Waals surface area contributed by atoms with Gasteiger partial charge in [-0.25, -0.2) is 0 Å². The lowest BCUT2D eigenvalue weighted by Gasteiger charge is -2.35. The van der Waals surface area contributed by atoms with Crippen LogP contribution in [0.4, 0.5) is 5.69 Å². The highest BCUT2D eigenvalue weighted by molar-refractivity contribution is 5.96. The Morgan fingerprint density at radius 2 is 2.21 bits per heavy atom. The second kappa shape index (κ2) is 6.55. The fourth-order valence-corrected chi connectivity index (χ4v) is 3.48. The zero-order chi connectivity index (χ0) is 17.3. The fraction of sp³-hybridized carbons (Fsp3) is 0.706. The van der Waals surface area contributed by atoms with E-state index in [1.54, 1.807) is 15.8 Å². The molecule has 0 spiro atoms. The summed E-state index contributed by atoms with van der Waals surface area (Å²) in [5, 5.41) is 4.13. The zero-order valence-electron chi connectivity index (χ0n) is 14.7. The molecule has 1 atom stereocenters. The van der Waals surface area contributed by atoms with Gasteiger partial charge in [0.2, 0.25) is 11.8 Å². The number of carbonyl (C=O) groups excluding carboxylic acids is 2. The maximum absolute atomic E-state index is 13.0. The second-order valence-corrected chi connectivity index (χ2v) is 7.33. The molecule has 0 N–H and O–H groups in total. The summed E-state index contributed by atoms with van der Waals surface area (Å²) in [5.74, 6) is 0.0401. The van der Waals surface area contributed by atoms with Gasteiger partial charge in [0, 0.05) is 45.9 Å². The molecule has 2 amide bonds. The summed E-state index contributed by atoms with van der Waals surface area (Å²) in [4.78, 5) is 28.8. The van der Waals surface area contributed by atoms with Crippen LogP contribution in [0.5, 0.6) is 0 Å². The van der Waals surface area contributed by atoms with Crippen LogP contribution in [0.2, 0.25) is 0 Å². The fourth-order valence-electron chi connectivity index (χ4n) is 3.48. The summed E-state index contributed by atoms with van der Waals surface area (Å²) in [5.41, 5.74) is 0.444. The van der Waals surface area contributed by atoms with Gasteiger partial charge in [-0.3, -0.25) is 14.3 Å². The average molecular weight is 334 g/mol. The second-order valence-electron chi connectivity index (χ2n) is 7.33. The van der Waals surface area contributed by atoms with Crippen LogP contribution in [0.3, 0.4) is 0 Å². The summed E-state index contributed by atoms with van der Waals surface area (Å²) in [6.45, 7) is 6.47. The Morgan fingerprint density at radius 3 is 2.92 bits per heavy atom. The van der Waals surface area contributed by atoms with E-state index in [0.29, 0.717) is 32.5 Å². The predicted molar refractivity (Wildman–Crippen MR) is 89.5 cm³/mol. The topological polar surface area (TPSA) is 67.7 Å². The molecular formula is C17H26N4O3. The number of ether oxygens (including phenoxy) is 1. The lowest BCUT2D eigenvalue weighted by molar-refractivity contribution is -0.138. The van der Waals surface area contributed by atoms with E-state index in [4.69, 9.17) is 4.74 Å². The average Bonchev–Trinajstić information content (AvgIpc) is 2.87. The van der Waals surface area contributed by atoms with Crippen molar-refractivity contribution in [1.29, 1.82) is 0 Å². The molecule has 1 aromatic heterocycles. The normalized spacial score (nSPS) is 24.8. The van der Waals surface area contributed by atoms with Crippen LogP contribution in [0.1, 0.15) is 33.1 Å². The third-order valence-corrected chi connectivity index (χ3v) is 4.71. The van der Waals surface area contributed by atoms with Crippen molar-refractivity contribution in [2.24, 2.45) is 13.0 Å². The first-order chi connectivity index (χ1) is 11.4. The van der Waals surface area contributed by atoms with Crippen LogP contribution >= 0.6 is 0 Å². The molecule has 0 aromatic carbocycles. The maximum Gasteiger partial charge on any atom is 0.227 e. The van der Waals surface area contributed by atoms with Crippen molar-refractivity contribution in [2.75, 3.05) is 31.1 Å². The number of carbonyl (C=O) groups is 2. The van der Waals surface area contributed by atoms with Crippen LogP contribution in [0, 0.1) is 5.92 Å². The van der Waals surface area contributed by atoms with Gasteiger partial charge < -0.3 is 14.5 Å². The molecule has 2 aliphatic rings. The molecule has 2 fully saturated rings. The van der Waals surface area contributed by atoms with Crippen LogP contribution in [-0.2, 0) is 21.4 Å². The number of rotatable bonds is 2. The molecule has 0 radical (unpaired) electrons. The van der Waals surface area contributed by atoms with Crippen molar-refractivity contribution in [2.45, 2.75) is 38.7 Å². The SMILES string of the molecule is Cn1cc(N2CC(C(=O)N3CCCOC(C)(C)C3)CCC2=O)cn1. The van der Waals surface area contributed by atoms with E-state index in [9.17, 15) is 9.59 Å². The first-order valence-corrected chi connectivity index (χ1v) is 8.57. The van der Waals surface area contributed by atoms with E-state index >= 15 is 0 Å². The minimum absolute atomic E-state index is 0.0616. The van der Waals surface area contributed by atoms with Gasteiger partial charge in [0.15, 0.2) is 0 Å². The summed E-state index contributed by atoms with van der Waals surface area (Å²) < 4.78 is 7.47. The Hall–Kier alpha value is -1.89. The monoisotopic (exact) mass is 334 g/mol. The van der Waals surface area contributed by atoms with Gasteiger partial charge in [0.25, 0.3) is 0 Å². The van der Waals surface area contributed by atoms with Gasteiger partial charge >= 0.3 is 0 Å². The Bertz CT molecular complexity index is 625. The Labute approximate surface area is 142 Å². The van der Waals surface area contributed by atoms with Crippen molar-refractivity contribution < 1.29 is 14.3 Å². The minimum Gasteiger partial charge on any atom is -0.374 e. The third-order valence-electron chi connectivity index (χ3n) is 4.71. The van der Waals surface area contributed by atoms with Crippen LogP contribution in [-0.4, -0.2) is 58.3 Å². The first kappa shape index (κ1) is 17.0. The van der Waals surface area contributed by atoms with Gasteiger partial charge in [-0.1, -0.05) is 0 Å². The summed E-state index contributed by atoms with van der Waals surface area (Å²) in [6.07, 6.45) is 5.36. The smallest absolute Gasteiger partial charge is 0.227 e. The molecule has 24 heavy (non-hydrogen) atoms. The van der Waals surface area contributed by atoms with Gasteiger partial charge in [-0.05, 0) is 26.7 Å².